The second-order valence-electron chi connectivity index (χ2n) is 36.1. The molecule has 20 aliphatic heterocycles. The monoisotopic (exact) mass is 1660 g/mol. The Morgan fingerprint density at radius 1 is 0.460 bits per heavy atom. The molecule has 23 nitrogen and oxygen atoms in total. The van der Waals surface area contributed by atoms with Crippen LogP contribution in [0.3, 0.4) is 0 Å². The van der Waals surface area contributed by atoms with Gasteiger partial charge in [0.2, 0.25) is 0 Å². The predicted octanol–water partition coefficient (Wildman–Crippen LogP) is 10.9. The average molecular weight is 1660 g/mol. The standard InChI is InChI=1S/C42H58F2O11.C40H58O12.C3H3BrF2/c1-6-42(43,44)34(46)18-32-35(47-5)27-16-23(45)15-25-8-10-29-36(50-25)40-39-38(52-29)37-33(53-39)19-41(54-37,55-40)12-11-26-14-21(3)28(48-26)9-7-24-13-20(2)22(4)30(49-24)17-31(27)51-32;1-19-11-24-5-7-28-20(2)12-26(45-28)9-10-40-17-33-36(51-40)37-38(50-33)39(52-40)35-29(49-37)8-6-25(47-35)13-22(42)14-27-31(16-30(46-24)21(19)3)48-32(34(27)44-4)15-23(43)18-41;1-2-3(4,5)6/h6,20,24-40,46H,1,3-4,7-19H2,2,5H3;19,23-39,41,43H,2-3,5-18H2,1,4H3;2H,1H2/t20-,24+,25?,26+,27+,28?,29+,30?,31+,32?,33+,34?,35-,36+,37+,38+,39-,40+,41+;19-,23+,24+,25?,26+,27+,28?,29+,30?,31+,32?,33+,34-,35+,36+,37+,38-,39+,40+;/m11./s1. The topological polar surface area (TPSA) is 261 Å². The van der Waals surface area contributed by atoms with E-state index in [1.807, 2.05) is 15.9 Å². The van der Waals surface area contributed by atoms with Gasteiger partial charge in [-0.1, -0.05) is 53.3 Å². The number of hydrogen-bond acceptors (Lipinski definition) is 23. The van der Waals surface area contributed by atoms with Gasteiger partial charge in [-0.05, 0) is 152 Å². The van der Waals surface area contributed by atoms with Gasteiger partial charge in [0, 0.05) is 103 Å². The first-order chi connectivity index (χ1) is 54.0. The summed E-state index contributed by atoms with van der Waals surface area (Å²) in [5, 5.41) is 30.6. The summed E-state index contributed by atoms with van der Waals surface area (Å²) in [7, 11) is 3.12. The molecule has 2 spiro atoms. The number of ether oxygens (including phenoxy) is 18. The molecule has 20 heterocycles. The van der Waals surface area contributed by atoms with E-state index in [9.17, 15) is 42.5 Å². The van der Waals surface area contributed by atoms with E-state index in [0.717, 1.165) is 92.9 Å². The Balaban J connectivity index is 0.000000159. The zero-order valence-electron chi connectivity index (χ0n) is 65.7. The van der Waals surface area contributed by atoms with Crippen molar-refractivity contribution in [1.82, 2.24) is 0 Å². The lowest BCUT2D eigenvalue weighted by atomic mass is 9.81. The van der Waals surface area contributed by atoms with Crippen molar-refractivity contribution in [3.63, 3.8) is 0 Å². The van der Waals surface area contributed by atoms with Crippen LogP contribution in [0.15, 0.2) is 73.9 Å². The van der Waals surface area contributed by atoms with Crippen molar-refractivity contribution in [3.05, 3.63) is 73.9 Å². The predicted molar refractivity (Wildman–Crippen MR) is 401 cm³/mol. The molecule has 113 heavy (non-hydrogen) atoms. The molecule has 0 saturated carbocycles. The number of ketones is 2. The minimum Gasteiger partial charge on any atom is -0.394 e. The van der Waals surface area contributed by atoms with E-state index in [1.54, 1.807) is 7.11 Å². The smallest absolute Gasteiger partial charge is 0.319 e. The molecule has 0 amide bonds. The molecule has 632 valence electrons. The molecule has 24 bridgehead atoms. The van der Waals surface area contributed by atoms with Crippen LogP contribution in [-0.2, 0) is 94.9 Å². The molecule has 0 radical (unpaired) electrons. The van der Waals surface area contributed by atoms with Crippen molar-refractivity contribution in [1.29, 1.82) is 0 Å². The summed E-state index contributed by atoms with van der Waals surface area (Å²) in [4.78, 5) is 25.2. The molecule has 3 N–H and O–H groups in total. The van der Waals surface area contributed by atoms with Crippen LogP contribution in [0.5, 0.6) is 0 Å². The number of carbonyl (C=O) groups is 2. The molecular formula is C85H119BrF4O23. The van der Waals surface area contributed by atoms with Crippen molar-refractivity contribution >= 4 is 27.5 Å². The molecule has 28 heteroatoms. The fourth-order valence-corrected chi connectivity index (χ4v) is 22.7. The highest BCUT2D eigenvalue weighted by Gasteiger charge is 2.71. The number of allylic oxidation sites excluding steroid dienone is 1. The molecule has 0 aliphatic carbocycles. The summed E-state index contributed by atoms with van der Waals surface area (Å²) in [6, 6.07) is 0. The first-order valence-electron chi connectivity index (χ1n) is 42.1. The van der Waals surface area contributed by atoms with Gasteiger partial charge in [0.05, 0.1) is 135 Å². The van der Waals surface area contributed by atoms with E-state index in [4.69, 9.17) is 85.3 Å². The highest BCUT2D eigenvalue weighted by atomic mass is 79.9. The largest absolute Gasteiger partial charge is 0.394 e. The molecule has 9 unspecified atom stereocenters. The van der Waals surface area contributed by atoms with Gasteiger partial charge in [-0.2, -0.15) is 17.6 Å². The molecule has 0 aromatic rings. The molecule has 20 fully saturated rings. The maximum atomic E-state index is 14.5. The van der Waals surface area contributed by atoms with Gasteiger partial charge in [-0.25, -0.2) is 0 Å². The van der Waals surface area contributed by atoms with E-state index in [1.165, 1.54) is 7.11 Å². The van der Waals surface area contributed by atoms with Crippen LogP contribution in [0.2, 0.25) is 0 Å². The number of aliphatic hydroxyl groups is 3. The van der Waals surface area contributed by atoms with Gasteiger partial charge in [0.25, 0.3) is 5.92 Å². The van der Waals surface area contributed by atoms with Crippen molar-refractivity contribution in [2.45, 2.75) is 398 Å². The van der Waals surface area contributed by atoms with E-state index < -0.39 is 83.2 Å². The Bertz CT molecular complexity index is 3480. The summed E-state index contributed by atoms with van der Waals surface area (Å²) >= 11 is 2.03. The number of methoxy groups -OCH3 is 2. The molecule has 0 aromatic carbocycles. The Kier molecular flexibility index (Phi) is 25.1. The Hall–Kier alpha value is -2.86. The van der Waals surface area contributed by atoms with Crippen LogP contribution in [0.4, 0.5) is 17.6 Å². The summed E-state index contributed by atoms with van der Waals surface area (Å²) in [6.45, 7) is 27.7. The number of fused-ring (bicyclic) bond motifs is 12. The summed E-state index contributed by atoms with van der Waals surface area (Å²) in [5.41, 5.74) is 4.20. The highest BCUT2D eigenvalue weighted by molar-refractivity contribution is 9.10. The van der Waals surface area contributed by atoms with Gasteiger partial charge in [0.15, 0.2) is 11.6 Å². The van der Waals surface area contributed by atoms with Crippen LogP contribution in [-0.4, -0.2) is 265 Å². The third kappa shape index (κ3) is 17.3. The van der Waals surface area contributed by atoms with E-state index in [-0.39, 0.29) is 215 Å². The number of carbonyl (C=O) groups excluding carboxylic acids is 2. The van der Waals surface area contributed by atoms with Crippen LogP contribution in [0.1, 0.15) is 181 Å². The molecule has 38 atom stereocenters. The van der Waals surface area contributed by atoms with Gasteiger partial charge >= 0.3 is 4.83 Å². The van der Waals surface area contributed by atoms with Crippen molar-refractivity contribution in [2.24, 2.45) is 23.7 Å². The maximum Gasteiger partial charge on any atom is 0.319 e. The summed E-state index contributed by atoms with van der Waals surface area (Å²) in [5.74, 6) is -5.39. The van der Waals surface area contributed by atoms with Crippen LogP contribution < -0.4 is 0 Å². The van der Waals surface area contributed by atoms with Crippen molar-refractivity contribution < 1.29 is 128 Å². The van der Waals surface area contributed by atoms with Crippen LogP contribution in [0.25, 0.3) is 0 Å². The van der Waals surface area contributed by atoms with Gasteiger partial charge in [-0.3, -0.25) is 9.59 Å². The Labute approximate surface area is 668 Å². The lowest BCUT2D eigenvalue weighted by Crippen LogP contribution is -2.61. The van der Waals surface area contributed by atoms with Crippen molar-refractivity contribution in [3.8, 4) is 0 Å². The fourth-order valence-electron chi connectivity index (χ4n) is 22.7. The number of aliphatic hydroxyl groups excluding tert-OH is 3. The number of halogens is 5. The summed E-state index contributed by atoms with van der Waals surface area (Å²) in [6.07, 6.45) is 4.82. The Morgan fingerprint density at radius 3 is 1.27 bits per heavy atom. The minimum absolute atomic E-state index is 0.00153. The second-order valence-corrected chi connectivity index (χ2v) is 37.1. The molecule has 20 rings (SSSR count). The zero-order chi connectivity index (χ0) is 79.5. The molecule has 0 aromatic heterocycles. The highest BCUT2D eigenvalue weighted by Crippen LogP contribution is 2.58. The van der Waals surface area contributed by atoms with Gasteiger partial charge in [-0.15, -0.1) is 0 Å². The van der Waals surface area contributed by atoms with Crippen LogP contribution in [0, 0.1) is 23.7 Å². The number of Topliss-reactive ketones (excluding diaryl/α,β-unsaturated/α-hetero) is 2. The lowest BCUT2D eigenvalue weighted by molar-refractivity contribution is -0.292. The number of rotatable bonds is 10. The molecular weight excluding hydrogens is 1540 g/mol. The average Bonchev–Trinajstić information content (AvgIpc) is 1.55. The zero-order valence-corrected chi connectivity index (χ0v) is 67.3. The van der Waals surface area contributed by atoms with E-state index >= 15 is 0 Å². The second kappa shape index (κ2) is 33.9. The lowest BCUT2D eigenvalue weighted by Gasteiger charge is -2.47. The number of alkyl halides is 5. The number of hydrogen-bond donors (Lipinski definition) is 3. The normalized spacial score (nSPS) is 49.2. The summed E-state index contributed by atoms with van der Waals surface area (Å²) < 4.78 is 171. The molecule has 20 aliphatic rings. The third-order valence-corrected chi connectivity index (χ3v) is 28.8. The maximum absolute atomic E-state index is 14.5. The Morgan fingerprint density at radius 2 is 0.850 bits per heavy atom. The van der Waals surface area contributed by atoms with Gasteiger partial charge in [0.1, 0.15) is 78.7 Å². The van der Waals surface area contributed by atoms with Gasteiger partial charge < -0.3 is 101 Å². The fraction of sp³-hybridized carbons (Fsp3) is 0.835. The minimum atomic E-state index is -3.51. The van der Waals surface area contributed by atoms with Crippen LogP contribution >= 0.6 is 15.9 Å². The quantitative estimate of drug-likeness (QED) is 0.104. The first-order valence-corrected chi connectivity index (χ1v) is 42.9. The third-order valence-electron chi connectivity index (χ3n) is 28.5. The molecule has 20 saturated heterocycles. The first kappa shape index (κ1) is 83.8. The van der Waals surface area contributed by atoms with E-state index in [2.05, 4.69) is 53.3 Å². The SMILES string of the molecule is C=C1C[C@@H]2CC[C@@]34C[C@@H]5O[C@@H]6[C@@H](O[C@H]7CCC(CC(=O)C[C@H]8[C@H](CC9O[C@@H](CCC1O2)C[C@@H](C)C9=C)OC(C[C@H](O)CO)[C@@H]8OC)O[C@@H]7[C@@H]6O3)[C@H]5O4.C=CC(F)(F)Br.C=CC(F)(F)C(O)CC1O[C@H]2CC3O[C@@H](CCC4O[C@@H](CC[C@@]56C[C@@H]7O[C@@H]8[C@@H](O[C@H]9CCC(CC(=O)C[C@@H]2[C@H]1OC)O[C@@H]9[C@@H]8O5)[C@H]7O6)CC4=C)C[C@@H](C)C3=C. The van der Waals surface area contributed by atoms with Crippen molar-refractivity contribution in [2.75, 3.05) is 20.8 Å². The van der Waals surface area contributed by atoms with E-state index in [0.29, 0.717) is 69.9 Å².